The van der Waals surface area contributed by atoms with Gasteiger partial charge in [-0.2, -0.15) is 0 Å². The Bertz CT molecular complexity index is 1080. The maximum atomic E-state index is 13.2. The molecule has 0 aliphatic rings. The lowest BCUT2D eigenvalue weighted by molar-refractivity contribution is 0.0499. The second-order valence-corrected chi connectivity index (χ2v) is 7.35. The quantitative estimate of drug-likeness (QED) is 0.361. The van der Waals surface area contributed by atoms with Gasteiger partial charge in [-0.3, -0.25) is 4.79 Å². The molecule has 0 bridgehead atoms. The summed E-state index contributed by atoms with van der Waals surface area (Å²) < 4.78 is 12.9. The lowest BCUT2D eigenvalue weighted by Crippen LogP contribution is -2.18. The number of unbranched alkanes of at least 4 members (excludes halogenated alkanes) is 1. The average Bonchev–Trinajstić information content (AvgIpc) is 3.05. The molecule has 0 aliphatic heterocycles. The van der Waals surface area contributed by atoms with Crippen molar-refractivity contribution < 1.29 is 19.1 Å². The van der Waals surface area contributed by atoms with E-state index in [4.69, 9.17) is 9.47 Å². The van der Waals surface area contributed by atoms with E-state index in [1.807, 2.05) is 50.5 Å². The van der Waals surface area contributed by atoms with Crippen LogP contribution in [0.1, 0.15) is 60.0 Å². The fourth-order valence-electron chi connectivity index (χ4n) is 3.69. The number of hydrogen-bond donors (Lipinski definition) is 1. The highest BCUT2D eigenvalue weighted by molar-refractivity contribution is 6.08. The number of aromatic nitrogens is 1. The van der Waals surface area contributed by atoms with Gasteiger partial charge in [-0.1, -0.05) is 19.4 Å². The third-order valence-electron chi connectivity index (χ3n) is 5.22. The molecule has 0 saturated carbocycles. The van der Waals surface area contributed by atoms with Crippen molar-refractivity contribution in [3.05, 3.63) is 59.3 Å². The molecule has 0 fully saturated rings. The van der Waals surface area contributed by atoms with E-state index in [0.717, 1.165) is 35.1 Å². The molecule has 0 saturated heterocycles. The van der Waals surface area contributed by atoms with Gasteiger partial charge in [0, 0.05) is 23.1 Å². The lowest BCUT2D eigenvalue weighted by atomic mass is 10.1. The molecule has 0 spiro atoms. The van der Waals surface area contributed by atoms with Gasteiger partial charge in [-0.15, -0.1) is 0 Å². The van der Waals surface area contributed by atoms with Crippen LogP contribution in [0.5, 0.6) is 5.75 Å². The maximum absolute atomic E-state index is 13.2. The molecule has 6 heteroatoms. The van der Waals surface area contributed by atoms with Gasteiger partial charge in [0.2, 0.25) is 0 Å². The zero-order valence-electron chi connectivity index (χ0n) is 18.7. The molecule has 1 N–H and O–H groups in total. The van der Waals surface area contributed by atoms with Crippen LogP contribution in [0.3, 0.4) is 0 Å². The fourth-order valence-corrected chi connectivity index (χ4v) is 3.69. The number of esters is 1. The van der Waals surface area contributed by atoms with Crippen molar-refractivity contribution in [1.82, 2.24) is 4.57 Å². The van der Waals surface area contributed by atoms with Crippen LogP contribution in [0, 0.1) is 6.92 Å². The third kappa shape index (κ3) is 4.90. The largest absolute Gasteiger partial charge is 0.494 e. The van der Waals surface area contributed by atoms with Gasteiger partial charge in [-0.25, -0.2) is 4.79 Å². The van der Waals surface area contributed by atoms with Crippen LogP contribution in [0.15, 0.2) is 42.5 Å². The minimum Gasteiger partial charge on any atom is -0.494 e. The van der Waals surface area contributed by atoms with E-state index >= 15 is 0 Å². The van der Waals surface area contributed by atoms with E-state index in [1.54, 1.807) is 24.3 Å². The Labute approximate surface area is 183 Å². The first-order valence-corrected chi connectivity index (χ1v) is 10.8. The summed E-state index contributed by atoms with van der Waals surface area (Å²) in [5, 5.41) is 3.93. The zero-order valence-corrected chi connectivity index (χ0v) is 18.7. The second-order valence-electron chi connectivity index (χ2n) is 7.35. The van der Waals surface area contributed by atoms with Gasteiger partial charge in [0.15, 0.2) is 0 Å². The van der Waals surface area contributed by atoms with Gasteiger partial charge in [0.25, 0.3) is 5.91 Å². The lowest BCUT2D eigenvalue weighted by Gasteiger charge is -2.11. The van der Waals surface area contributed by atoms with E-state index < -0.39 is 0 Å². The van der Waals surface area contributed by atoms with E-state index in [-0.39, 0.29) is 11.9 Å². The van der Waals surface area contributed by atoms with Crippen LogP contribution >= 0.6 is 0 Å². The van der Waals surface area contributed by atoms with Crippen LogP contribution in [0.4, 0.5) is 5.69 Å². The van der Waals surface area contributed by atoms with Crippen molar-refractivity contribution in [3.8, 4) is 5.75 Å². The minimum atomic E-state index is -0.383. The first-order valence-electron chi connectivity index (χ1n) is 10.8. The Morgan fingerprint density at radius 1 is 1.06 bits per heavy atom. The smallest absolute Gasteiger partial charge is 0.338 e. The van der Waals surface area contributed by atoms with Crippen LogP contribution in [-0.4, -0.2) is 29.7 Å². The minimum absolute atomic E-state index is 0.218. The number of benzene rings is 2. The molecular formula is C25H30N2O4. The number of rotatable bonds is 9. The van der Waals surface area contributed by atoms with E-state index in [2.05, 4.69) is 5.32 Å². The predicted octanol–water partition coefficient (Wildman–Crippen LogP) is 5.58. The van der Waals surface area contributed by atoms with Gasteiger partial charge in [-0.05, 0) is 69.2 Å². The number of amides is 1. The molecule has 1 amide bonds. The summed E-state index contributed by atoms with van der Waals surface area (Å²) >= 11 is 0. The molecule has 2 aromatic carbocycles. The molecule has 0 aliphatic carbocycles. The van der Waals surface area contributed by atoms with Crippen LogP contribution in [0.25, 0.3) is 10.9 Å². The Balaban J connectivity index is 1.87. The Kier molecular flexibility index (Phi) is 7.34. The highest BCUT2D eigenvalue weighted by Gasteiger charge is 2.20. The topological polar surface area (TPSA) is 69.6 Å². The molecule has 0 atom stereocenters. The second kappa shape index (κ2) is 10.2. The van der Waals surface area contributed by atoms with Crippen molar-refractivity contribution in [2.45, 2.75) is 47.1 Å². The molecule has 164 valence electrons. The molecule has 0 radical (unpaired) electrons. The van der Waals surface area contributed by atoms with Gasteiger partial charge in [0.1, 0.15) is 11.4 Å². The zero-order chi connectivity index (χ0) is 22.4. The fraction of sp³-hybridized carbons (Fsp3) is 0.360. The van der Waals surface area contributed by atoms with Crippen molar-refractivity contribution in [2.24, 2.45) is 0 Å². The number of anilines is 1. The van der Waals surface area contributed by atoms with Crippen molar-refractivity contribution in [3.63, 3.8) is 0 Å². The average molecular weight is 423 g/mol. The molecule has 6 nitrogen and oxygen atoms in total. The highest BCUT2D eigenvalue weighted by atomic mass is 16.5. The molecule has 1 heterocycles. The van der Waals surface area contributed by atoms with Gasteiger partial charge in [0.05, 0.1) is 18.8 Å². The summed E-state index contributed by atoms with van der Waals surface area (Å²) in [6.07, 6.45) is 1.79. The van der Waals surface area contributed by atoms with E-state index in [9.17, 15) is 9.59 Å². The van der Waals surface area contributed by atoms with Crippen LogP contribution in [-0.2, 0) is 11.3 Å². The monoisotopic (exact) mass is 422 g/mol. The van der Waals surface area contributed by atoms with Crippen molar-refractivity contribution >= 4 is 28.5 Å². The summed E-state index contributed by atoms with van der Waals surface area (Å²) in [6, 6.07) is 12.7. The number of carbonyl (C=O) groups excluding carboxylic acids is 2. The Hall–Kier alpha value is -3.28. The normalized spacial score (nSPS) is 10.8. The molecule has 3 aromatic rings. The number of hydrogen-bond acceptors (Lipinski definition) is 4. The maximum Gasteiger partial charge on any atom is 0.338 e. The first-order chi connectivity index (χ1) is 15.0. The van der Waals surface area contributed by atoms with Crippen LogP contribution in [0.2, 0.25) is 0 Å². The predicted molar refractivity (Wildman–Crippen MR) is 123 cm³/mol. The number of nitrogens with one attached hydrogen (secondary N) is 1. The van der Waals surface area contributed by atoms with E-state index in [0.29, 0.717) is 36.7 Å². The molecule has 31 heavy (non-hydrogen) atoms. The molecule has 1 aromatic heterocycles. The summed E-state index contributed by atoms with van der Waals surface area (Å²) in [6.45, 7) is 9.58. The first kappa shape index (κ1) is 22.4. The van der Waals surface area contributed by atoms with Crippen molar-refractivity contribution in [2.75, 3.05) is 18.5 Å². The van der Waals surface area contributed by atoms with E-state index in [1.165, 1.54) is 0 Å². The standard InChI is InChI=1S/C25H30N2O4/c1-5-8-14-31-25(29)18-10-9-11-19(15-18)26-24(28)23-17(4)21-16-20(30-7-3)12-13-22(21)27(23)6-2/h9-13,15-16H,5-8,14H2,1-4H3,(H,26,28). The molecule has 3 rings (SSSR count). The van der Waals surface area contributed by atoms with Gasteiger partial charge < -0.3 is 19.4 Å². The summed E-state index contributed by atoms with van der Waals surface area (Å²) in [5.41, 5.74) is 3.45. The third-order valence-corrected chi connectivity index (χ3v) is 5.22. The summed E-state index contributed by atoms with van der Waals surface area (Å²) in [7, 11) is 0. The number of ether oxygens (including phenoxy) is 2. The highest BCUT2D eigenvalue weighted by Crippen LogP contribution is 2.30. The number of nitrogens with zero attached hydrogens (tertiary/aromatic N) is 1. The summed E-state index contributed by atoms with van der Waals surface area (Å²) in [4.78, 5) is 25.4. The van der Waals surface area contributed by atoms with Gasteiger partial charge >= 0.3 is 5.97 Å². The van der Waals surface area contributed by atoms with Crippen LogP contribution < -0.4 is 10.1 Å². The Morgan fingerprint density at radius 2 is 1.87 bits per heavy atom. The number of carbonyl (C=O) groups is 2. The number of aryl methyl sites for hydroxylation is 2. The van der Waals surface area contributed by atoms with Crippen molar-refractivity contribution in [1.29, 1.82) is 0 Å². The molecule has 0 unspecified atom stereocenters. The summed E-state index contributed by atoms with van der Waals surface area (Å²) in [5.74, 6) is 0.185. The number of fused-ring (bicyclic) bond motifs is 1. The molecular weight excluding hydrogens is 392 g/mol. The SMILES string of the molecule is CCCCOC(=O)c1cccc(NC(=O)c2c(C)c3cc(OCC)ccc3n2CC)c1. The Morgan fingerprint density at radius 3 is 2.58 bits per heavy atom.